The molecule has 1 aromatic carbocycles. The Morgan fingerprint density at radius 1 is 1.31 bits per heavy atom. The minimum Gasteiger partial charge on any atom is -0.315 e. The first kappa shape index (κ1) is 11.8. The maximum atomic E-state index is 13.6. The number of benzene rings is 1. The van der Waals surface area contributed by atoms with Gasteiger partial charge in [0.25, 0.3) is 0 Å². The zero-order valence-corrected chi connectivity index (χ0v) is 9.93. The van der Waals surface area contributed by atoms with Crippen LogP contribution in [0.2, 0.25) is 5.02 Å². The lowest BCUT2D eigenvalue weighted by Crippen LogP contribution is -2.28. The zero-order chi connectivity index (χ0) is 11.4. The quantitative estimate of drug-likeness (QED) is 0.856. The topological polar surface area (TPSA) is 15.3 Å². The molecule has 4 heteroatoms. The Morgan fingerprint density at radius 3 is 3.00 bits per heavy atom. The summed E-state index contributed by atoms with van der Waals surface area (Å²) in [5, 5.41) is 3.79. The van der Waals surface area contributed by atoms with Gasteiger partial charge in [-0.15, -0.1) is 0 Å². The van der Waals surface area contributed by atoms with Crippen LogP contribution in [0, 0.1) is 5.82 Å². The molecule has 0 bridgehead atoms. The first-order valence-electron chi connectivity index (χ1n) is 5.63. The normalized spacial score (nSPS) is 18.4. The first-order chi connectivity index (χ1) is 7.75. The van der Waals surface area contributed by atoms with Crippen molar-refractivity contribution >= 4 is 11.6 Å². The van der Waals surface area contributed by atoms with Gasteiger partial charge in [-0.1, -0.05) is 17.7 Å². The van der Waals surface area contributed by atoms with Crippen molar-refractivity contribution in [3.8, 4) is 0 Å². The van der Waals surface area contributed by atoms with E-state index in [1.165, 1.54) is 6.07 Å². The molecule has 1 aromatic rings. The van der Waals surface area contributed by atoms with E-state index in [4.69, 9.17) is 11.6 Å². The summed E-state index contributed by atoms with van der Waals surface area (Å²) in [5.41, 5.74) is 0.728. The van der Waals surface area contributed by atoms with Gasteiger partial charge in [-0.05, 0) is 31.6 Å². The second-order valence-electron chi connectivity index (χ2n) is 4.12. The average molecular weight is 243 g/mol. The van der Waals surface area contributed by atoms with Gasteiger partial charge < -0.3 is 5.32 Å². The van der Waals surface area contributed by atoms with E-state index < -0.39 is 0 Å². The molecular formula is C12H16ClFN2. The monoisotopic (exact) mass is 242 g/mol. The van der Waals surface area contributed by atoms with Crippen molar-refractivity contribution in [1.29, 1.82) is 0 Å². The SMILES string of the molecule is Fc1cc(Cl)ccc1CN1CCCNCC1. The average Bonchev–Trinajstić information content (AvgIpc) is 2.51. The minimum atomic E-state index is -0.204. The number of hydrogen-bond acceptors (Lipinski definition) is 2. The van der Waals surface area contributed by atoms with Gasteiger partial charge in [0.15, 0.2) is 0 Å². The van der Waals surface area contributed by atoms with Gasteiger partial charge in [-0.3, -0.25) is 4.90 Å². The van der Waals surface area contributed by atoms with Crippen molar-refractivity contribution < 1.29 is 4.39 Å². The molecule has 2 nitrogen and oxygen atoms in total. The Balaban J connectivity index is 2.01. The molecule has 1 aliphatic rings. The van der Waals surface area contributed by atoms with E-state index in [1.54, 1.807) is 12.1 Å². The number of nitrogens with zero attached hydrogens (tertiary/aromatic N) is 1. The summed E-state index contributed by atoms with van der Waals surface area (Å²) in [4.78, 5) is 2.27. The van der Waals surface area contributed by atoms with Crippen LogP contribution in [0.1, 0.15) is 12.0 Å². The third-order valence-electron chi connectivity index (χ3n) is 2.84. The van der Waals surface area contributed by atoms with E-state index >= 15 is 0 Å². The molecule has 0 spiro atoms. The molecule has 2 rings (SSSR count). The van der Waals surface area contributed by atoms with E-state index in [0.717, 1.165) is 38.2 Å². The molecule has 0 unspecified atom stereocenters. The highest BCUT2D eigenvalue weighted by molar-refractivity contribution is 6.30. The Bertz CT molecular complexity index is 349. The van der Waals surface area contributed by atoms with Gasteiger partial charge in [0.2, 0.25) is 0 Å². The van der Waals surface area contributed by atoms with Crippen molar-refractivity contribution in [2.75, 3.05) is 26.2 Å². The maximum Gasteiger partial charge on any atom is 0.129 e. The van der Waals surface area contributed by atoms with Crippen LogP contribution in [0.25, 0.3) is 0 Å². The van der Waals surface area contributed by atoms with Crippen LogP contribution in [-0.4, -0.2) is 31.1 Å². The first-order valence-corrected chi connectivity index (χ1v) is 6.00. The smallest absolute Gasteiger partial charge is 0.129 e. The lowest BCUT2D eigenvalue weighted by Gasteiger charge is -2.19. The van der Waals surface area contributed by atoms with Gasteiger partial charge in [-0.2, -0.15) is 0 Å². The van der Waals surface area contributed by atoms with Crippen molar-refractivity contribution in [2.45, 2.75) is 13.0 Å². The van der Waals surface area contributed by atoms with Gasteiger partial charge in [-0.25, -0.2) is 4.39 Å². The second-order valence-corrected chi connectivity index (χ2v) is 4.55. The molecule has 1 saturated heterocycles. The molecule has 0 aliphatic carbocycles. The zero-order valence-electron chi connectivity index (χ0n) is 9.18. The molecule has 1 heterocycles. The fraction of sp³-hybridized carbons (Fsp3) is 0.500. The molecule has 0 radical (unpaired) electrons. The minimum absolute atomic E-state index is 0.204. The van der Waals surface area contributed by atoms with Crippen LogP contribution >= 0.6 is 11.6 Å². The highest BCUT2D eigenvalue weighted by Crippen LogP contribution is 2.16. The number of halogens is 2. The second kappa shape index (κ2) is 5.62. The van der Waals surface area contributed by atoms with E-state index in [1.807, 2.05) is 0 Å². The molecule has 88 valence electrons. The molecule has 0 saturated carbocycles. The lowest BCUT2D eigenvalue weighted by molar-refractivity contribution is 0.280. The molecule has 0 amide bonds. The lowest BCUT2D eigenvalue weighted by atomic mass is 10.2. The number of hydrogen-bond donors (Lipinski definition) is 1. The molecular weight excluding hydrogens is 227 g/mol. The van der Waals surface area contributed by atoms with Crippen molar-refractivity contribution in [3.63, 3.8) is 0 Å². The summed E-state index contributed by atoms with van der Waals surface area (Å²) in [6.07, 6.45) is 1.12. The summed E-state index contributed by atoms with van der Waals surface area (Å²) in [7, 11) is 0. The van der Waals surface area contributed by atoms with Gasteiger partial charge in [0.1, 0.15) is 5.82 Å². The molecule has 16 heavy (non-hydrogen) atoms. The number of rotatable bonds is 2. The van der Waals surface area contributed by atoms with Crippen LogP contribution < -0.4 is 5.32 Å². The molecule has 1 fully saturated rings. The highest BCUT2D eigenvalue weighted by atomic mass is 35.5. The highest BCUT2D eigenvalue weighted by Gasteiger charge is 2.11. The third-order valence-corrected chi connectivity index (χ3v) is 3.08. The summed E-state index contributed by atoms with van der Waals surface area (Å²) in [6.45, 7) is 4.70. The van der Waals surface area contributed by atoms with Crippen molar-refractivity contribution in [3.05, 3.63) is 34.6 Å². The van der Waals surface area contributed by atoms with Crippen LogP contribution in [0.3, 0.4) is 0 Å². The van der Waals surface area contributed by atoms with Crippen LogP contribution in [0.5, 0.6) is 0 Å². The van der Waals surface area contributed by atoms with Gasteiger partial charge in [0.05, 0.1) is 0 Å². The van der Waals surface area contributed by atoms with Gasteiger partial charge >= 0.3 is 0 Å². The molecule has 1 aliphatic heterocycles. The molecule has 1 N–H and O–H groups in total. The summed E-state index contributed by atoms with van der Waals surface area (Å²) >= 11 is 5.72. The van der Waals surface area contributed by atoms with E-state index in [-0.39, 0.29) is 5.82 Å². The molecule has 0 atom stereocenters. The fourth-order valence-corrected chi connectivity index (χ4v) is 2.11. The molecule has 0 aromatic heterocycles. The predicted octanol–water partition coefficient (Wildman–Crippen LogP) is 2.27. The Hall–Kier alpha value is -0.640. The summed E-state index contributed by atoms with van der Waals surface area (Å²) in [5.74, 6) is -0.204. The van der Waals surface area contributed by atoms with Gasteiger partial charge in [0, 0.05) is 30.2 Å². The van der Waals surface area contributed by atoms with Crippen molar-refractivity contribution in [2.24, 2.45) is 0 Å². The summed E-state index contributed by atoms with van der Waals surface area (Å²) < 4.78 is 13.6. The Morgan fingerprint density at radius 2 is 2.19 bits per heavy atom. The maximum absolute atomic E-state index is 13.6. The van der Waals surface area contributed by atoms with E-state index in [0.29, 0.717) is 11.6 Å². The van der Waals surface area contributed by atoms with Crippen LogP contribution in [0.4, 0.5) is 4.39 Å². The van der Waals surface area contributed by atoms with Crippen LogP contribution in [0.15, 0.2) is 18.2 Å². The van der Waals surface area contributed by atoms with Crippen molar-refractivity contribution in [1.82, 2.24) is 10.2 Å². The number of nitrogens with one attached hydrogen (secondary N) is 1. The standard InChI is InChI=1S/C12H16ClFN2/c13-11-3-2-10(12(14)8-11)9-16-6-1-4-15-5-7-16/h2-3,8,15H,1,4-7,9H2. The summed E-state index contributed by atoms with van der Waals surface area (Å²) in [6, 6.07) is 4.90. The predicted molar refractivity (Wildman–Crippen MR) is 64.2 cm³/mol. The third kappa shape index (κ3) is 3.17. The van der Waals surface area contributed by atoms with E-state index in [9.17, 15) is 4.39 Å². The fourth-order valence-electron chi connectivity index (χ4n) is 1.95. The Kier molecular flexibility index (Phi) is 4.16. The Labute approximate surface area is 100 Å². The largest absolute Gasteiger partial charge is 0.315 e. The van der Waals surface area contributed by atoms with E-state index in [2.05, 4.69) is 10.2 Å². The van der Waals surface area contributed by atoms with Crippen LogP contribution in [-0.2, 0) is 6.54 Å².